The lowest BCUT2D eigenvalue weighted by molar-refractivity contribution is -0.387. The van der Waals surface area contributed by atoms with Crippen LogP contribution in [-0.2, 0) is 5.33 Å². The highest BCUT2D eigenvalue weighted by molar-refractivity contribution is 9.08. The molecule has 4 nitrogen and oxygen atoms in total. The maximum atomic E-state index is 13.7. The Hall–Kier alpha value is -2.02. The summed E-state index contributed by atoms with van der Waals surface area (Å²) in [4.78, 5) is 9.52. The predicted octanol–water partition coefficient (Wildman–Crippen LogP) is 4.87. The van der Waals surface area contributed by atoms with E-state index in [1.54, 1.807) is 18.2 Å². The van der Waals surface area contributed by atoms with Gasteiger partial charge in [-0.2, -0.15) is 4.39 Å². The van der Waals surface area contributed by atoms with Crippen LogP contribution in [0, 0.1) is 28.7 Å². The molecule has 0 aromatic heterocycles. The van der Waals surface area contributed by atoms with Gasteiger partial charge in [0, 0.05) is 11.4 Å². The molecule has 0 spiro atoms. The van der Waals surface area contributed by atoms with Crippen LogP contribution in [0.3, 0.4) is 0 Å². The highest BCUT2D eigenvalue weighted by Gasteiger charge is 2.19. The summed E-state index contributed by atoms with van der Waals surface area (Å²) in [6.45, 7) is 1.86. The summed E-state index contributed by atoms with van der Waals surface area (Å²) < 4.78 is 32.5. The van der Waals surface area contributed by atoms with Crippen molar-refractivity contribution >= 4 is 21.6 Å². The van der Waals surface area contributed by atoms with Crippen LogP contribution in [0.25, 0.3) is 0 Å². The first-order valence-corrected chi connectivity index (χ1v) is 7.01. The summed E-state index contributed by atoms with van der Waals surface area (Å²) in [6.07, 6.45) is 0. The van der Waals surface area contributed by atoms with Crippen LogP contribution in [0.1, 0.15) is 11.1 Å². The first-order chi connectivity index (χ1) is 9.92. The minimum absolute atomic E-state index is 0.323. The Morgan fingerprint density at radius 1 is 1.24 bits per heavy atom. The van der Waals surface area contributed by atoms with Crippen LogP contribution < -0.4 is 4.74 Å². The maximum absolute atomic E-state index is 13.7. The van der Waals surface area contributed by atoms with Gasteiger partial charge in [0.2, 0.25) is 5.82 Å². The Labute approximate surface area is 127 Å². The number of nitro benzene ring substituents is 1. The fraction of sp³-hybridized carbons (Fsp3) is 0.143. The van der Waals surface area contributed by atoms with Gasteiger partial charge in [-0.25, -0.2) is 4.39 Å². The zero-order valence-corrected chi connectivity index (χ0v) is 12.5. The highest BCUT2D eigenvalue weighted by Crippen LogP contribution is 2.31. The third kappa shape index (κ3) is 3.36. The number of hydrogen-bond acceptors (Lipinski definition) is 3. The number of nitrogens with zero attached hydrogens (tertiary/aromatic N) is 1. The van der Waals surface area contributed by atoms with Gasteiger partial charge in [-0.3, -0.25) is 10.1 Å². The van der Waals surface area contributed by atoms with Crippen molar-refractivity contribution in [2.24, 2.45) is 0 Å². The van der Waals surface area contributed by atoms with E-state index in [4.69, 9.17) is 4.74 Å². The number of ether oxygens (including phenoxy) is 1. The van der Waals surface area contributed by atoms with Gasteiger partial charge in [-0.05, 0) is 30.2 Å². The van der Waals surface area contributed by atoms with Crippen molar-refractivity contribution in [2.45, 2.75) is 12.3 Å². The maximum Gasteiger partial charge on any atom is 0.307 e. The molecule has 0 aliphatic rings. The van der Waals surface area contributed by atoms with Crippen molar-refractivity contribution in [3.63, 3.8) is 0 Å². The number of hydrogen-bond donors (Lipinski definition) is 0. The van der Waals surface area contributed by atoms with Gasteiger partial charge in [-0.1, -0.05) is 22.0 Å². The Morgan fingerprint density at radius 3 is 2.52 bits per heavy atom. The topological polar surface area (TPSA) is 52.4 Å². The van der Waals surface area contributed by atoms with Gasteiger partial charge in [0.15, 0.2) is 11.6 Å². The second-order valence-corrected chi connectivity index (χ2v) is 4.88. The normalized spacial score (nSPS) is 10.5. The van der Waals surface area contributed by atoms with E-state index in [1.165, 1.54) is 0 Å². The van der Waals surface area contributed by atoms with E-state index in [0.29, 0.717) is 23.2 Å². The zero-order chi connectivity index (χ0) is 15.6. The first-order valence-electron chi connectivity index (χ1n) is 5.89. The lowest BCUT2D eigenvalue weighted by Crippen LogP contribution is -1.97. The van der Waals surface area contributed by atoms with Crippen LogP contribution in [0.15, 0.2) is 30.3 Å². The van der Waals surface area contributed by atoms with E-state index >= 15 is 0 Å². The molecule has 0 N–H and O–H groups in total. The number of halogens is 3. The number of aryl methyl sites for hydroxylation is 1. The molecule has 0 amide bonds. The molecule has 0 heterocycles. The highest BCUT2D eigenvalue weighted by atomic mass is 79.9. The lowest BCUT2D eigenvalue weighted by atomic mass is 10.1. The molecular weight excluding hydrogens is 348 g/mol. The van der Waals surface area contributed by atoms with Gasteiger partial charge >= 0.3 is 5.69 Å². The molecule has 0 saturated carbocycles. The van der Waals surface area contributed by atoms with E-state index in [9.17, 15) is 18.9 Å². The van der Waals surface area contributed by atoms with E-state index < -0.39 is 28.0 Å². The molecule has 7 heteroatoms. The molecule has 110 valence electrons. The smallest absolute Gasteiger partial charge is 0.307 e. The number of nitro groups is 1. The molecular formula is C14H10BrF2NO3. The molecule has 0 aliphatic carbocycles. The number of alkyl halides is 1. The largest absolute Gasteiger partial charge is 0.454 e. The Kier molecular flexibility index (Phi) is 4.52. The minimum atomic E-state index is -1.15. The summed E-state index contributed by atoms with van der Waals surface area (Å²) in [6, 6.07) is 6.25. The molecule has 0 fully saturated rings. The SMILES string of the molecule is Cc1cc(Oc2cc(F)c([N+](=O)[O-])cc2F)ccc1CBr. The van der Waals surface area contributed by atoms with E-state index in [2.05, 4.69) is 15.9 Å². The van der Waals surface area contributed by atoms with Gasteiger partial charge < -0.3 is 4.74 Å². The fourth-order valence-electron chi connectivity index (χ4n) is 1.74. The molecule has 2 rings (SSSR count). The molecule has 0 atom stereocenters. The Morgan fingerprint density at radius 2 is 1.95 bits per heavy atom. The Bertz CT molecular complexity index is 707. The molecule has 0 aliphatic heterocycles. The fourth-order valence-corrected chi connectivity index (χ4v) is 2.37. The van der Waals surface area contributed by atoms with E-state index in [0.717, 1.165) is 11.1 Å². The van der Waals surface area contributed by atoms with Crippen molar-refractivity contribution in [1.82, 2.24) is 0 Å². The van der Waals surface area contributed by atoms with Crippen molar-refractivity contribution in [2.75, 3.05) is 0 Å². The molecule has 21 heavy (non-hydrogen) atoms. The van der Waals surface area contributed by atoms with Crippen molar-refractivity contribution in [1.29, 1.82) is 0 Å². The molecule has 0 radical (unpaired) electrons. The predicted molar refractivity (Wildman–Crippen MR) is 76.9 cm³/mol. The van der Waals surface area contributed by atoms with Crippen molar-refractivity contribution in [3.05, 3.63) is 63.2 Å². The van der Waals surface area contributed by atoms with Crippen LogP contribution in [0.2, 0.25) is 0 Å². The Balaban J connectivity index is 2.34. The van der Waals surface area contributed by atoms with Gasteiger partial charge in [-0.15, -0.1) is 0 Å². The summed E-state index contributed by atoms with van der Waals surface area (Å²) in [5.41, 5.74) is 1.04. The zero-order valence-electron chi connectivity index (χ0n) is 10.9. The summed E-state index contributed by atoms with van der Waals surface area (Å²) in [5.74, 6) is -2.22. The standard InChI is InChI=1S/C14H10BrF2NO3/c1-8-4-10(3-2-9(8)7-15)21-14-6-11(16)13(18(19)20)5-12(14)17/h2-6H,7H2,1H3. The van der Waals surface area contributed by atoms with Crippen LogP contribution in [-0.4, -0.2) is 4.92 Å². The molecule has 2 aromatic carbocycles. The average molecular weight is 358 g/mol. The summed E-state index contributed by atoms with van der Waals surface area (Å²) in [5, 5.41) is 11.2. The second-order valence-electron chi connectivity index (χ2n) is 4.32. The van der Waals surface area contributed by atoms with E-state index in [1.807, 2.05) is 6.92 Å². The van der Waals surface area contributed by atoms with Crippen molar-refractivity contribution < 1.29 is 18.4 Å². The van der Waals surface area contributed by atoms with Crippen LogP contribution in [0.4, 0.5) is 14.5 Å². The quantitative estimate of drug-likeness (QED) is 0.445. The lowest BCUT2D eigenvalue weighted by Gasteiger charge is -2.09. The van der Waals surface area contributed by atoms with E-state index in [-0.39, 0.29) is 0 Å². The van der Waals surface area contributed by atoms with Crippen molar-refractivity contribution in [3.8, 4) is 11.5 Å². The third-order valence-corrected chi connectivity index (χ3v) is 3.49. The molecule has 0 bridgehead atoms. The monoisotopic (exact) mass is 357 g/mol. The molecule has 0 saturated heterocycles. The van der Waals surface area contributed by atoms with Gasteiger partial charge in [0.1, 0.15) is 5.75 Å². The molecule has 0 unspecified atom stereocenters. The second kappa shape index (κ2) is 6.17. The minimum Gasteiger partial charge on any atom is -0.454 e. The van der Waals surface area contributed by atoms with Crippen LogP contribution >= 0.6 is 15.9 Å². The molecule has 2 aromatic rings. The number of benzene rings is 2. The third-order valence-electron chi connectivity index (χ3n) is 2.88. The van der Waals surface area contributed by atoms with Gasteiger partial charge in [0.05, 0.1) is 11.0 Å². The summed E-state index contributed by atoms with van der Waals surface area (Å²) in [7, 11) is 0. The number of rotatable bonds is 4. The average Bonchev–Trinajstić information content (AvgIpc) is 2.42. The van der Waals surface area contributed by atoms with Gasteiger partial charge in [0.25, 0.3) is 0 Å². The van der Waals surface area contributed by atoms with Crippen LogP contribution in [0.5, 0.6) is 11.5 Å². The first kappa shape index (κ1) is 15.4. The summed E-state index contributed by atoms with van der Waals surface area (Å²) >= 11 is 3.33.